The molecule has 0 atom stereocenters. The van der Waals surface area contributed by atoms with Crippen LogP contribution in [0.5, 0.6) is 5.75 Å². The van der Waals surface area contributed by atoms with Crippen molar-refractivity contribution in [2.24, 2.45) is 11.1 Å². The van der Waals surface area contributed by atoms with Gasteiger partial charge in [0.15, 0.2) is 0 Å². The summed E-state index contributed by atoms with van der Waals surface area (Å²) in [6.07, 6.45) is 7.99. The third-order valence-electron chi connectivity index (χ3n) is 4.39. The van der Waals surface area contributed by atoms with Gasteiger partial charge in [-0.2, -0.15) is 0 Å². The summed E-state index contributed by atoms with van der Waals surface area (Å²) in [4.78, 5) is 4.61. The maximum absolute atomic E-state index is 6.01. The van der Waals surface area contributed by atoms with Gasteiger partial charge >= 0.3 is 0 Å². The molecule has 2 rings (SSSR count). The first-order chi connectivity index (χ1) is 8.62. The molecule has 0 amide bonds. The maximum Gasteiger partial charge on any atom is 0.128 e. The molecule has 100 valence electrons. The zero-order valence-electron chi connectivity index (χ0n) is 11.8. The van der Waals surface area contributed by atoms with Crippen LogP contribution in [0.2, 0.25) is 0 Å². The summed E-state index contributed by atoms with van der Waals surface area (Å²) in [6, 6.07) is 0. The Balaban J connectivity index is 2.29. The van der Waals surface area contributed by atoms with Gasteiger partial charge in [-0.05, 0) is 45.1 Å². The molecular formula is C15H24N2O. The van der Waals surface area contributed by atoms with Crippen molar-refractivity contribution in [2.45, 2.75) is 46.0 Å². The summed E-state index contributed by atoms with van der Waals surface area (Å²) in [5, 5.41) is 0. The minimum Gasteiger partial charge on any atom is -0.496 e. The van der Waals surface area contributed by atoms with Crippen LogP contribution in [-0.2, 0) is 6.42 Å². The van der Waals surface area contributed by atoms with Crippen molar-refractivity contribution < 1.29 is 4.74 Å². The minimum absolute atomic E-state index is 0.276. The van der Waals surface area contributed by atoms with E-state index in [4.69, 9.17) is 10.5 Å². The number of ether oxygens (including phenoxy) is 1. The summed E-state index contributed by atoms with van der Waals surface area (Å²) < 4.78 is 5.48. The van der Waals surface area contributed by atoms with Gasteiger partial charge in [-0.25, -0.2) is 0 Å². The van der Waals surface area contributed by atoms with Crippen molar-refractivity contribution in [3.8, 4) is 5.75 Å². The predicted molar refractivity (Wildman–Crippen MR) is 73.9 cm³/mol. The van der Waals surface area contributed by atoms with Gasteiger partial charge in [0.1, 0.15) is 5.75 Å². The average Bonchev–Trinajstić information content (AvgIpc) is 2.83. The van der Waals surface area contributed by atoms with E-state index in [-0.39, 0.29) is 5.41 Å². The van der Waals surface area contributed by atoms with E-state index in [1.165, 1.54) is 31.2 Å². The molecule has 3 heteroatoms. The summed E-state index contributed by atoms with van der Waals surface area (Å²) in [6.45, 7) is 4.91. The molecule has 18 heavy (non-hydrogen) atoms. The molecule has 1 heterocycles. The zero-order chi connectivity index (χ0) is 13.2. The molecule has 1 aliphatic rings. The van der Waals surface area contributed by atoms with Gasteiger partial charge in [-0.3, -0.25) is 4.98 Å². The van der Waals surface area contributed by atoms with E-state index in [2.05, 4.69) is 11.9 Å². The number of methoxy groups -OCH3 is 1. The van der Waals surface area contributed by atoms with Crippen LogP contribution < -0.4 is 10.5 Å². The second-order valence-electron chi connectivity index (χ2n) is 5.63. The second kappa shape index (κ2) is 5.27. The van der Waals surface area contributed by atoms with Crippen LogP contribution >= 0.6 is 0 Å². The van der Waals surface area contributed by atoms with E-state index in [1.807, 2.05) is 13.1 Å². The first-order valence-corrected chi connectivity index (χ1v) is 6.81. The Morgan fingerprint density at radius 2 is 2.00 bits per heavy atom. The van der Waals surface area contributed by atoms with E-state index in [0.717, 1.165) is 30.0 Å². The van der Waals surface area contributed by atoms with Crippen molar-refractivity contribution in [3.63, 3.8) is 0 Å². The topological polar surface area (TPSA) is 48.1 Å². The van der Waals surface area contributed by atoms with Gasteiger partial charge in [0.05, 0.1) is 7.11 Å². The van der Waals surface area contributed by atoms with Crippen molar-refractivity contribution in [1.82, 2.24) is 4.98 Å². The lowest BCUT2D eigenvalue weighted by Crippen LogP contribution is -2.30. The Morgan fingerprint density at radius 1 is 1.33 bits per heavy atom. The Labute approximate surface area is 110 Å². The predicted octanol–water partition coefficient (Wildman–Crippen LogP) is 2.77. The van der Waals surface area contributed by atoms with Crippen LogP contribution in [0.25, 0.3) is 0 Å². The van der Waals surface area contributed by atoms with Gasteiger partial charge in [0.2, 0.25) is 0 Å². The van der Waals surface area contributed by atoms with Gasteiger partial charge in [0, 0.05) is 23.0 Å². The Morgan fingerprint density at radius 3 is 2.56 bits per heavy atom. The molecule has 0 radical (unpaired) electrons. The van der Waals surface area contributed by atoms with E-state index in [1.54, 1.807) is 7.11 Å². The van der Waals surface area contributed by atoms with Crippen LogP contribution in [0.4, 0.5) is 0 Å². The second-order valence-corrected chi connectivity index (χ2v) is 5.63. The molecule has 0 saturated heterocycles. The first-order valence-electron chi connectivity index (χ1n) is 6.81. The smallest absolute Gasteiger partial charge is 0.128 e. The molecule has 1 aromatic rings. The van der Waals surface area contributed by atoms with E-state index in [9.17, 15) is 0 Å². The third kappa shape index (κ3) is 2.37. The fraction of sp³-hybridized carbons (Fsp3) is 0.667. The largest absolute Gasteiger partial charge is 0.496 e. The lowest BCUT2D eigenvalue weighted by Gasteiger charge is -2.27. The Kier molecular flexibility index (Phi) is 3.91. The molecular weight excluding hydrogens is 224 g/mol. The first kappa shape index (κ1) is 13.3. The number of nitrogens with zero attached hydrogens (tertiary/aromatic N) is 1. The number of aryl methyl sites for hydroxylation is 1. The summed E-state index contributed by atoms with van der Waals surface area (Å²) in [5.41, 5.74) is 9.72. The minimum atomic E-state index is 0.276. The summed E-state index contributed by atoms with van der Waals surface area (Å²) >= 11 is 0. The van der Waals surface area contributed by atoms with Crippen LogP contribution in [0.15, 0.2) is 6.20 Å². The van der Waals surface area contributed by atoms with Crippen LogP contribution in [0.3, 0.4) is 0 Å². The van der Waals surface area contributed by atoms with Gasteiger partial charge in [0.25, 0.3) is 0 Å². The van der Waals surface area contributed by atoms with Gasteiger partial charge in [-0.1, -0.05) is 12.8 Å². The zero-order valence-corrected chi connectivity index (χ0v) is 11.8. The molecule has 0 aliphatic heterocycles. The molecule has 1 aromatic heterocycles. The van der Waals surface area contributed by atoms with Crippen LogP contribution in [-0.4, -0.2) is 18.6 Å². The number of hydrogen-bond acceptors (Lipinski definition) is 3. The SMILES string of the molecule is COc1c(C)cnc(CC2(CN)CCCC2)c1C. The lowest BCUT2D eigenvalue weighted by atomic mass is 9.80. The summed E-state index contributed by atoms with van der Waals surface area (Å²) in [7, 11) is 1.73. The van der Waals surface area contributed by atoms with Crippen LogP contribution in [0, 0.1) is 19.3 Å². The molecule has 1 saturated carbocycles. The van der Waals surface area contributed by atoms with Crippen molar-refractivity contribution >= 4 is 0 Å². The highest BCUT2D eigenvalue weighted by atomic mass is 16.5. The molecule has 2 N–H and O–H groups in total. The third-order valence-corrected chi connectivity index (χ3v) is 4.39. The van der Waals surface area contributed by atoms with E-state index in [0.29, 0.717) is 0 Å². The van der Waals surface area contributed by atoms with E-state index >= 15 is 0 Å². The fourth-order valence-electron chi connectivity index (χ4n) is 3.18. The molecule has 0 spiro atoms. The molecule has 0 unspecified atom stereocenters. The van der Waals surface area contributed by atoms with Crippen molar-refractivity contribution in [1.29, 1.82) is 0 Å². The quantitative estimate of drug-likeness (QED) is 0.891. The molecule has 0 bridgehead atoms. The standard InChI is InChI=1S/C15H24N2O/c1-11-9-17-13(12(2)14(11)18-3)8-15(10-16)6-4-5-7-15/h9H,4-8,10,16H2,1-3H3. The van der Waals surface area contributed by atoms with Crippen molar-refractivity contribution in [3.05, 3.63) is 23.0 Å². The van der Waals surface area contributed by atoms with E-state index < -0.39 is 0 Å². The molecule has 3 nitrogen and oxygen atoms in total. The number of nitrogens with two attached hydrogens (primary N) is 1. The van der Waals surface area contributed by atoms with Crippen LogP contribution in [0.1, 0.15) is 42.5 Å². The number of aromatic nitrogens is 1. The lowest BCUT2D eigenvalue weighted by molar-refractivity contribution is 0.302. The molecule has 0 aromatic carbocycles. The molecule has 1 aliphatic carbocycles. The Bertz CT molecular complexity index is 423. The van der Waals surface area contributed by atoms with Crippen molar-refractivity contribution in [2.75, 3.05) is 13.7 Å². The highest BCUT2D eigenvalue weighted by Gasteiger charge is 2.33. The fourth-order valence-corrected chi connectivity index (χ4v) is 3.18. The molecule has 1 fully saturated rings. The number of pyridine rings is 1. The normalized spacial score (nSPS) is 18.0. The summed E-state index contributed by atoms with van der Waals surface area (Å²) in [5.74, 6) is 0.977. The van der Waals surface area contributed by atoms with Gasteiger partial charge < -0.3 is 10.5 Å². The number of hydrogen-bond donors (Lipinski definition) is 1. The van der Waals surface area contributed by atoms with Gasteiger partial charge in [-0.15, -0.1) is 0 Å². The highest BCUT2D eigenvalue weighted by molar-refractivity contribution is 5.41. The highest BCUT2D eigenvalue weighted by Crippen LogP contribution is 2.41. The monoisotopic (exact) mass is 248 g/mol. The average molecular weight is 248 g/mol. The number of rotatable bonds is 4. The Hall–Kier alpha value is -1.09. The maximum atomic E-state index is 6.01.